The summed E-state index contributed by atoms with van der Waals surface area (Å²) in [5.41, 5.74) is 0.496. The van der Waals surface area contributed by atoms with Gasteiger partial charge in [0.1, 0.15) is 34.1 Å². The van der Waals surface area contributed by atoms with Gasteiger partial charge in [-0.1, -0.05) is 50.7 Å². The summed E-state index contributed by atoms with van der Waals surface area (Å²) in [6.07, 6.45) is 8.51. The molecule has 0 heterocycles. The molecule has 2 rings (SSSR count). The quantitative estimate of drug-likeness (QED) is 0.256. The van der Waals surface area contributed by atoms with Crippen molar-refractivity contribution in [2.75, 3.05) is 13.2 Å². The van der Waals surface area contributed by atoms with E-state index in [4.69, 9.17) is 9.47 Å². The van der Waals surface area contributed by atoms with Crippen molar-refractivity contribution in [3.63, 3.8) is 0 Å². The van der Waals surface area contributed by atoms with Gasteiger partial charge in [-0.25, -0.2) is 0 Å². The Hall–Kier alpha value is -3.02. The molecular weight excluding hydrogens is 408 g/mol. The van der Waals surface area contributed by atoms with E-state index in [1.807, 2.05) is 0 Å². The van der Waals surface area contributed by atoms with E-state index in [2.05, 4.69) is 0 Å². The molecule has 0 fully saturated rings. The van der Waals surface area contributed by atoms with Crippen molar-refractivity contribution in [2.45, 2.75) is 65.2 Å². The number of hydrogen-bond donors (Lipinski definition) is 2. The zero-order chi connectivity index (χ0) is 23.3. The summed E-state index contributed by atoms with van der Waals surface area (Å²) in [7, 11) is 0. The third-order valence-corrected chi connectivity index (χ3v) is 5.27. The lowest BCUT2D eigenvalue weighted by Gasteiger charge is -2.11. The Balaban J connectivity index is 1.51. The highest BCUT2D eigenvalue weighted by Crippen LogP contribution is 2.29. The summed E-state index contributed by atoms with van der Waals surface area (Å²) in [5, 5.41) is 19.6. The predicted molar refractivity (Wildman–Crippen MR) is 124 cm³/mol. The Morgan fingerprint density at radius 3 is 1.31 bits per heavy atom. The number of phenolic OH excluding ortho intramolecular Hbond substituents is 2. The van der Waals surface area contributed by atoms with Crippen LogP contribution in [0.5, 0.6) is 23.0 Å². The van der Waals surface area contributed by atoms with Gasteiger partial charge >= 0.3 is 0 Å². The molecule has 0 aromatic heterocycles. The third kappa shape index (κ3) is 7.91. The second-order valence-corrected chi connectivity index (χ2v) is 7.94. The van der Waals surface area contributed by atoms with Gasteiger partial charge in [-0.3, -0.25) is 9.59 Å². The van der Waals surface area contributed by atoms with Gasteiger partial charge in [-0.05, 0) is 51.0 Å². The average Bonchev–Trinajstić information content (AvgIpc) is 2.74. The SMILES string of the molecule is CC(=O)c1c(O)cccc1OCCCCCCCCCCOc1cccc(O)c1C(C)=O. The maximum absolute atomic E-state index is 11.6. The number of ether oxygens (including phenoxy) is 2. The summed E-state index contributed by atoms with van der Waals surface area (Å²) in [6.45, 7) is 3.89. The molecule has 2 aromatic carbocycles. The van der Waals surface area contributed by atoms with Gasteiger partial charge in [0.2, 0.25) is 0 Å². The number of ketones is 2. The van der Waals surface area contributed by atoms with E-state index in [-0.39, 0.29) is 34.2 Å². The first-order valence-electron chi connectivity index (χ1n) is 11.3. The molecule has 174 valence electrons. The molecule has 0 spiro atoms. The van der Waals surface area contributed by atoms with Crippen molar-refractivity contribution in [1.29, 1.82) is 0 Å². The van der Waals surface area contributed by atoms with Crippen LogP contribution in [0.4, 0.5) is 0 Å². The maximum Gasteiger partial charge on any atom is 0.167 e. The van der Waals surface area contributed by atoms with E-state index >= 15 is 0 Å². The molecule has 0 unspecified atom stereocenters. The van der Waals surface area contributed by atoms with Gasteiger partial charge in [-0.2, -0.15) is 0 Å². The number of aromatic hydroxyl groups is 2. The molecule has 2 aromatic rings. The fraction of sp³-hybridized carbons (Fsp3) is 0.462. The first-order chi connectivity index (χ1) is 15.4. The summed E-state index contributed by atoms with van der Waals surface area (Å²) >= 11 is 0. The molecule has 6 heteroatoms. The molecule has 32 heavy (non-hydrogen) atoms. The molecule has 2 N–H and O–H groups in total. The highest BCUT2D eigenvalue weighted by Gasteiger charge is 2.14. The van der Waals surface area contributed by atoms with Crippen molar-refractivity contribution in [3.05, 3.63) is 47.5 Å². The highest BCUT2D eigenvalue weighted by atomic mass is 16.5. The molecule has 0 aliphatic heterocycles. The number of benzene rings is 2. The van der Waals surface area contributed by atoms with Crippen LogP contribution in [0.25, 0.3) is 0 Å². The molecule has 0 aliphatic rings. The van der Waals surface area contributed by atoms with E-state index < -0.39 is 0 Å². The zero-order valence-corrected chi connectivity index (χ0v) is 19.1. The van der Waals surface area contributed by atoms with Gasteiger partial charge < -0.3 is 19.7 Å². The number of unbranched alkanes of at least 4 members (excludes halogenated alkanes) is 7. The molecule has 0 aliphatic carbocycles. The van der Waals surface area contributed by atoms with Crippen LogP contribution in [0.15, 0.2) is 36.4 Å². The lowest BCUT2D eigenvalue weighted by molar-refractivity contribution is 0.0997. The van der Waals surface area contributed by atoms with Crippen LogP contribution in [0, 0.1) is 0 Å². The van der Waals surface area contributed by atoms with Crippen molar-refractivity contribution in [1.82, 2.24) is 0 Å². The van der Waals surface area contributed by atoms with Gasteiger partial charge in [0.05, 0.1) is 13.2 Å². The summed E-state index contributed by atoms with van der Waals surface area (Å²) < 4.78 is 11.4. The normalized spacial score (nSPS) is 10.7. The number of hydrogen-bond acceptors (Lipinski definition) is 6. The molecule has 6 nitrogen and oxygen atoms in total. The number of Topliss-reactive ketones (excluding diaryl/α,β-unsaturated/α-hetero) is 2. The minimum absolute atomic E-state index is 0.0402. The standard InChI is InChI=1S/C26H34O6/c1-19(27)25-21(29)13-11-15-23(25)31-17-9-7-5-3-4-6-8-10-18-32-24-16-12-14-22(30)26(24)20(2)28/h11-16,29-30H,3-10,17-18H2,1-2H3. The molecule has 0 saturated carbocycles. The van der Waals surface area contributed by atoms with E-state index in [1.165, 1.54) is 26.0 Å². The number of carbonyl (C=O) groups is 2. The monoisotopic (exact) mass is 442 g/mol. The average molecular weight is 443 g/mol. The number of rotatable bonds is 15. The Kier molecular flexibility index (Phi) is 10.6. The molecule has 0 amide bonds. The van der Waals surface area contributed by atoms with Crippen LogP contribution in [0.3, 0.4) is 0 Å². The summed E-state index contributed by atoms with van der Waals surface area (Å²) in [4.78, 5) is 23.3. The Bertz CT molecular complexity index is 816. The van der Waals surface area contributed by atoms with Gasteiger partial charge in [0.25, 0.3) is 0 Å². The minimum atomic E-state index is -0.204. The van der Waals surface area contributed by atoms with Gasteiger partial charge in [-0.15, -0.1) is 0 Å². The minimum Gasteiger partial charge on any atom is -0.507 e. The van der Waals surface area contributed by atoms with E-state index in [0.29, 0.717) is 24.7 Å². The van der Waals surface area contributed by atoms with Crippen molar-refractivity contribution >= 4 is 11.6 Å². The predicted octanol–water partition coefficient (Wildman–Crippen LogP) is 6.08. The lowest BCUT2D eigenvalue weighted by Crippen LogP contribution is -2.03. The second kappa shape index (κ2) is 13.4. The smallest absolute Gasteiger partial charge is 0.167 e. The third-order valence-electron chi connectivity index (χ3n) is 5.27. The van der Waals surface area contributed by atoms with E-state index in [1.54, 1.807) is 24.3 Å². The molecule has 0 saturated heterocycles. The van der Waals surface area contributed by atoms with Crippen LogP contribution in [0.2, 0.25) is 0 Å². The van der Waals surface area contributed by atoms with Crippen molar-refractivity contribution in [2.24, 2.45) is 0 Å². The Morgan fingerprint density at radius 1 is 0.625 bits per heavy atom. The zero-order valence-electron chi connectivity index (χ0n) is 19.1. The molecule has 0 radical (unpaired) electrons. The van der Waals surface area contributed by atoms with E-state index in [9.17, 15) is 19.8 Å². The van der Waals surface area contributed by atoms with Crippen molar-refractivity contribution < 1.29 is 29.3 Å². The highest BCUT2D eigenvalue weighted by molar-refractivity contribution is 6.00. The van der Waals surface area contributed by atoms with Gasteiger partial charge in [0, 0.05) is 0 Å². The van der Waals surface area contributed by atoms with E-state index in [0.717, 1.165) is 51.4 Å². The van der Waals surface area contributed by atoms with Crippen LogP contribution in [-0.2, 0) is 0 Å². The Labute approximate surface area is 190 Å². The topological polar surface area (TPSA) is 93.1 Å². The van der Waals surface area contributed by atoms with Crippen LogP contribution >= 0.6 is 0 Å². The fourth-order valence-corrected chi connectivity index (χ4v) is 3.62. The number of phenols is 2. The lowest BCUT2D eigenvalue weighted by atomic mass is 10.1. The summed E-state index contributed by atoms with van der Waals surface area (Å²) in [5.74, 6) is 0.402. The maximum atomic E-state index is 11.6. The second-order valence-electron chi connectivity index (χ2n) is 7.94. The van der Waals surface area contributed by atoms with Crippen LogP contribution < -0.4 is 9.47 Å². The van der Waals surface area contributed by atoms with Crippen LogP contribution in [0.1, 0.15) is 85.9 Å². The van der Waals surface area contributed by atoms with Crippen molar-refractivity contribution in [3.8, 4) is 23.0 Å². The molecular formula is C26H34O6. The summed E-state index contributed by atoms with van der Waals surface area (Å²) in [6, 6.07) is 9.75. The fourth-order valence-electron chi connectivity index (χ4n) is 3.62. The van der Waals surface area contributed by atoms with Gasteiger partial charge in [0.15, 0.2) is 11.6 Å². The number of carbonyl (C=O) groups excluding carboxylic acids is 2. The largest absolute Gasteiger partial charge is 0.507 e. The molecule has 0 bridgehead atoms. The Morgan fingerprint density at radius 2 is 0.969 bits per heavy atom. The first kappa shape index (κ1) is 25.2. The van der Waals surface area contributed by atoms with Crippen LogP contribution in [-0.4, -0.2) is 35.0 Å². The first-order valence-corrected chi connectivity index (χ1v) is 11.3. The molecule has 0 atom stereocenters.